The van der Waals surface area contributed by atoms with Gasteiger partial charge in [0, 0.05) is 10.6 Å². The molecule has 3 nitrogen and oxygen atoms in total. The molecule has 0 radical (unpaired) electrons. The molecule has 0 saturated heterocycles. The predicted molar refractivity (Wildman–Crippen MR) is 126 cm³/mol. The molecule has 1 aromatic heterocycles. The number of rotatable bonds is 4. The van der Waals surface area contributed by atoms with Crippen molar-refractivity contribution in [3.05, 3.63) is 80.7 Å². The van der Waals surface area contributed by atoms with Gasteiger partial charge in [-0.15, -0.1) is 11.3 Å². The summed E-state index contributed by atoms with van der Waals surface area (Å²) in [5, 5.41) is 1.07. The molecule has 0 unspecified atom stereocenters. The Morgan fingerprint density at radius 2 is 1.77 bits per heavy atom. The molecule has 154 valence electrons. The zero-order valence-electron chi connectivity index (χ0n) is 17.5. The zero-order chi connectivity index (χ0) is 21.9. The van der Waals surface area contributed by atoms with Crippen molar-refractivity contribution in [3.63, 3.8) is 0 Å². The molecule has 30 heavy (non-hydrogen) atoms. The molecule has 2 N–H and O–H groups in total. The Balaban J connectivity index is 2.11. The van der Waals surface area contributed by atoms with Crippen LogP contribution in [-0.2, 0) is 6.42 Å². The van der Waals surface area contributed by atoms with Gasteiger partial charge < -0.3 is 10.5 Å². The molecule has 5 heteroatoms. The van der Waals surface area contributed by atoms with E-state index in [9.17, 15) is 4.79 Å². The second kappa shape index (κ2) is 8.95. The Bertz CT molecular complexity index is 1130. The third-order valence-corrected chi connectivity index (χ3v) is 5.72. The fourth-order valence-corrected chi connectivity index (χ4v) is 4.21. The topological polar surface area (TPSA) is 52.3 Å². The number of methoxy groups -OCH3 is 1. The maximum absolute atomic E-state index is 13.3. The van der Waals surface area contributed by atoms with Gasteiger partial charge in [-0.3, -0.25) is 4.79 Å². The first-order valence-corrected chi connectivity index (χ1v) is 10.8. The minimum absolute atomic E-state index is 0.0383. The van der Waals surface area contributed by atoms with Crippen LogP contribution >= 0.6 is 22.9 Å². The molecule has 0 atom stereocenters. The third-order valence-electron chi connectivity index (χ3n) is 4.49. The molecule has 0 aliphatic heterocycles. The smallest absolute Gasteiger partial charge is 0.196 e. The zero-order valence-corrected chi connectivity index (χ0v) is 19.1. The Morgan fingerprint density at radius 1 is 1.10 bits per heavy atom. The molecule has 3 rings (SSSR count). The van der Waals surface area contributed by atoms with E-state index in [4.69, 9.17) is 22.1 Å². The fourth-order valence-electron chi connectivity index (χ4n) is 3.15. The molecular weight excluding hydrogens is 414 g/mol. The van der Waals surface area contributed by atoms with Crippen LogP contribution in [0.3, 0.4) is 0 Å². The minimum atomic E-state index is -0.106. The lowest BCUT2D eigenvalue weighted by atomic mass is 9.85. The van der Waals surface area contributed by atoms with Gasteiger partial charge in [-0.05, 0) is 53.8 Å². The van der Waals surface area contributed by atoms with Gasteiger partial charge in [0.2, 0.25) is 0 Å². The van der Waals surface area contributed by atoms with E-state index >= 15 is 0 Å². The van der Waals surface area contributed by atoms with Gasteiger partial charge in [0.15, 0.2) is 5.78 Å². The van der Waals surface area contributed by atoms with Crippen LogP contribution in [0, 0.1) is 17.3 Å². The first-order chi connectivity index (χ1) is 14.2. The van der Waals surface area contributed by atoms with Crippen molar-refractivity contribution in [2.45, 2.75) is 27.2 Å². The summed E-state index contributed by atoms with van der Waals surface area (Å²) < 4.78 is 5.39. The second-order valence-corrected chi connectivity index (χ2v) is 9.66. The molecule has 0 amide bonds. The van der Waals surface area contributed by atoms with Crippen molar-refractivity contribution in [3.8, 4) is 17.6 Å². The van der Waals surface area contributed by atoms with Gasteiger partial charge in [-0.25, -0.2) is 0 Å². The molecule has 0 saturated carbocycles. The summed E-state index contributed by atoms with van der Waals surface area (Å²) in [6, 6.07) is 14.5. The summed E-state index contributed by atoms with van der Waals surface area (Å²) in [5.74, 6) is 7.03. The number of hydrogen-bond donors (Lipinski definition) is 1. The summed E-state index contributed by atoms with van der Waals surface area (Å²) in [4.78, 5) is 14.1. The van der Waals surface area contributed by atoms with E-state index in [2.05, 4.69) is 32.6 Å². The van der Waals surface area contributed by atoms with E-state index in [0.717, 1.165) is 16.0 Å². The van der Waals surface area contributed by atoms with E-state index in [0.29, 0.717) is 33.3 Å². The number of carbonyl (C=O) groups is 1. The van der Waals surface area contributed by atoms with E-state index in [1.54, 1.807) is 31.4 Å². The van der Waals surface area contributed by atoms with Crippen LogP contribution < -0.4 is 10.5 Å². The summed E-state index contributed by atoms with van der Waals surface area (Å²) in [5.41, 5.74) is 9.08. The summed E-state index contributed by atoms with van der Waals surface area (Å²) in [7, 11) is 1.62. The highest BCUT2D eigenvalue weighted by Crippen LogP contribution is 2.36. The molecular formula is C25H24ClNO2S. The van der Waals surface area contributed by atoms with Gasteiger partial charge in [-0.1, -0.05) is 56.3 Å². The average molecular weight is 438 g/mol. The van der Waals surface area contributed by atoms with Crippen molar-refractivity contribution < 1.29 is 9.53 Å². The lowest BCUT2D eigenvalue weighted by Crippen LogP contribution is -2.14. The van der Waals surface area contributed by atoms with Crippen molar-refractivity contribution in [2.24, 2.45) is 5.41 Å². The van der Waals surface area contributed by atoms with Gasteiger partial charge in [0.25, 0.3) is 0 Å². The Kier molecular flexibility index (Phi) is 6.55. The standard InChI is InChI=1S/C25H24ClNO2S/c1-25(2,3)15-19-21(14-11-16-7-5-6-8-20(16)29-4)30-24(27)22(19)23(28)17-9-12-18(26)13-10-17/h5-10,12-13H,15,27H2,1-4H3. The number of para-hydroxylation sites is 1. The number of halogens is 1. The van der Waals surface area contributed by atoms with Crippen molar-refractivity contribution in [1.82, 2.24) is 0 Å². The monoisotopic (exact) mass is 437 g/mol. The highest BCUT2D eigenvalue weighted by atomic mass is 35.5. The molecule has 1 heterocycles. The number of hydrogen-bond acceptors (Lipinski definition) is 4. The van der Waals surface area contributed by atoms with E-state index in [1.165, 1.54) is 11.3 Å². The molecule has 0 fully saturated rings. The number of ether oxygens (including phenoxy) is 1. The number of nitrogens with two attached hydrogens (primary N) is 1. The molecule has 0 spiro atoms. The minimum Gasteiger partial charge on any atom is -0.495 e. The van der Waals surface area contributed by atoms with E-state index in [1.807, 2.05) is 24.3 Å². The Morgan fingerprint density at radius 3 is 2.40 bits per heavy atom. The summed E-state index contributed by atoms with van der Waals surface area (Å²) >= 11 is 7.33. The number of carbonyl (C=O) groups excluding carboxylic acids is 1. The van der Waals surface area contributed by atoms with Gasteiger partial charge in [0.1, 0.15) is 5.75 Å². The van der Waals surface area contributed by atoms with E-state index < -0.39 is 0 Å². The average Bonchev–Trinajstić information content (AvgIpc) is 2.99. The van der Waals surface area contributed by atoms with Crippen LogP contribution in [0.4, 0.5) is 5.00 Å². The fraction of sp³-hybridized carbons (Fsp3) is 0.240. The SMILES string of the molecule is COc1ccccc1C#Cc1sc(N)c(C(=O)c2ccc(Cl)cc2)c1CC(C)(C)C. The lowest BCUT2D eigenvalue weighted by Gasteiger charge is -2.19. The van der Waals surface area contributed by atoms with Crippen LogP contribution in [0.5, 0.6) is 5.75 Å². The lowest BCUT2D eigenvalue weighted by molar-refractivity contribution is 0.103. The Labute approximate surface area is 186 Å². The van der Waals surface area contributed by atoms with Crippen LogP contribution in [0.15, 0.2) is 48.5 Å². The molecule has 3 aromatic rings. The summed E-state index contributed by atoms with van der Waals surface area (Å²) in [6.07, 6.45) is 0.686. The maximum Gasteiger partial charge on any atom is 0.196 e. The number of thiophene rings is 1. The number of anilines is 1. The molecule has 0 bridgehead atoms. The van der Waals surface area contributed by atoms with Gasteiger partial charge in [-0.2, -0.15) is 0 Å². The highest BCUT2D eigenvalue weighted by Gasteiger charge is 2.26. The van der Waals surface area contributed by atoms with Gasteiger partial charge in [0.05, 0.1) is 28.1 Å². The number of nitrogen functional groups attached to an aromatic ring is 1. The quantitative estimate of drug-likeness (QED) is 0.389. The van der Waals surface area contributed by atoms with Crippen molar-refractivity contribution in [1.29, 1.82) is 0 Å². The van der Waals surface area contributed by atoms with Crippen LogP contribution in [-0.4, -0.2) is 12.9 Å². The molecule has 2 aromatic carbocycles. The highest BCUT2D eigenvalue weighted by molar-refractivity contribution is 7.17. The van der Waals surface area contributed by atoms with Crippen LogP contribution in [0.25, 0.3) is 0 Å². The third kappa shape index (κ3) is 5.05. The second-order valence-electron chi connectivity index (χ2n) is 8.17. The molecule has 0 aliphatic carbocycles. The van der Waals surface area contributed by atoms with Gasteiger partial charge >= 0.3 is 0 Å². The maximum atomic E-state index is 13.3. The van der Waals surface area contributed by atoms with Crippen LogP contribution in [0.1, 0.15) is 52.7 Å². The van der Waals surface area contributed by atoms with E-state index in [-0.39, 0.29) is 11.2 Å². The normalized spacial score (nSPS) is 11.0. The summed E-state index contributed by atoms with van der Waals surface area (Å²) in [6.45, 7) is 6.40. The first kappa shape index (κ1) is 22.0. The number of benzene rings is 2. The number of ketones is 1. The Hall–Kier alpha value is -2.74. The largest absolute Gasteiger partial charge is 0.495 e. The first-order valence-electron chi connectivity index (χ1n) is 9.56. The van der Waals surface area contributed by atoms with Crippen molar-refractivity contribution in [2.75, 3.05) is 12.8 Å². The van der Waals surface area contributed by atoms with Crippen molar-refractivity contribution >= 4 is 33.7 Å². The predicted octanol–water partition coefficient (Wildman–Crippen LogP) is 6.21. The van der Waals surface area contributed by atoms with Crippen LogP contribution in [0.2, 0.25) is 5.02 Å². The molecule has 0 aliphatic rings.